The molecular formula is C19H15F3N4O2. The number of alkyl halides is 3. The fourth-order valence-corrected chi connectivity index (χ4v) is 2.73. The fourth-order valence-electron chi connectivity index (χ4n) is 2.73. The largest absolute Gasteiger partial charge is 0.416 e. The molecular weight excluding hydrogens is 373 g/mol. The third kappa shape index (κ3) is 3.88. The Morgan fingerprint density at radius 2 is 1.79 bits per heavy atom. The van der Waals surface area contributed by atoms with Crippen molar-refractivity contribution in [2.75, 3.05) is 5.32 Å². The molecule has 0 aliphatic rings. The number of aryl methyl sites for hydroxylation is 1. The first kappa shape index (κ1) is 19.2. The number of hydrogen-bond donors (Lipinski definition) is 2. The van der Waals surface area contributed by atoms with Crippen LogP contribution in [0.25, 0.3) is 11.1 Å². The van der Waals surface area contributed by atoms with E-state index in [1.165, 1.54) is 16.8 Å². The minimum Gasteiger partial charge on any atom is -0.366 e. The Kier molecular flexibility index (Phi) is 4.91. The van der Waals surface area contributed by atoms with E-state index in [2.05, 4.69) is 10.4 Å². The van der Waals surface area contributed by atoms with Crippen molar-refractivity contribution in [1.29, 1.82) is 0 Å². The Hall–Kier alpha value is -3.62. The third-order valence-electron chi connectivity index (χ3n) is 4.00. The maximum absolute atomic E-state index is 12.9. The summed E-state index contributed by atoms with van der Waals surface area (Å²) in [7, 11) is 1.61. The zero-order valence-corrected chi connectivity index (χ0v) is 14.6. The van der Waals surface area contributed by atoms with Crippen molar-refractivity contribution < 1.29 is 22.8 Å². The van der Waals surface area contributed by atoms with Gasteiger partial charge in [0.25, 0.3) is 5.91 Å². The number of nitrogens with two attached hydrogens (primary N) is 1. The van der Waals surface area contributed by atoms with Crippen LogP contribution in [0.4, 0.5) is 19.0 Å². The predicted octanol–water partition coefficient (Wildman–Crippen LogP) is 3.46. The van der Waals surface area contributed by atoms with Crippen LogP contribution in [0.2, 0.25) is 0 Å². The third-order valence-corrected chi connectivity index (χ3v) is 4.00. The van der Waals surface area contributed by atoms with Gasteiger partial charge < -0.3 is 11.1 Å². The van der Waals surface area contributed by atoms with E-state index < -0.39 is 23.6 Å². The number of carbonyl (C=O) groups is 2. The maximum Gasteiger partial charge on any atom is 0.416 e. The number of anilines is 1. The Bertz CT molecular complexity index is 1060. The first-order valence-electron chi connectivity index (χ1n) is 8.08. The molecule has 0 atom stereocenters. The normalized spacial score (nSPS) is 11.3. The van der Waals surface area contributed by atoms with E-state index in [1.807, 2.05) is 0 Å². The molecule has 6 nitrogen and oxygen atoms in total. The molecule has 0 saturated carbocycles. The molecule has 0 unspecified atom stereocenters. The van der Waals surface area contributed by atoms with E-state index >= 15 is 0 Å². The molecule has 0 aliphatic heterocycles. The van der Waals surface area contributed by atoms with E-state index in [-0.39, 0.29) is 16.9 Å². The summed E-state index contributed by atoms with van der Waals surface area (Å²) in [6.07, 6.45) is -2.99. The standard InChI is InChI=1S/C19H15F3N4O2/c1-26-10-15(13-7-2-3-8-14(13)16(23)27)17(25-26)24-18(28)11-5-4-6-12(9-11)19(20,21)22/h2-10H,1H3,(H2,23,27)(H,24,25,28). The zero-order valence-electron chi connectivity index (χ0n) is 14.6. The molecule has 1 aromatic heterocycles. The SMILES string of the molecule is Cn1cc(-c2ccccc2C(N)=O)c(NC(=O)c2cccc(C(F)(F)F)c2)n1. The first-order chi connectivity index (χ1) is 13.2. The minimum atomic E-state index is -4.56. The van der Waals surface area contributed by atoms with Crippen molar-refractivity contribution >= 4 is 17.6 Å². The molecule has 9 heteroatoms. The summed E-state index contributed by atoms with van der Waals surface area (Å²) in [6.45, 7) is 0. The molecule has 0 saturated heterocycles. The summed E-state index contributed by atoms with van der Waals surface area (Å²) < 4.78 is 40.0. The number of carbonyl (C=O) groups excluding carboxylic acids is 2. The fraction of sp³-hybridized carbons (Fsp3) is 0.105. The highest BCUT2D eigenvalue weighted by Gasteiger charge is 2.31. The topological polar surface area (TPSA) is 90.0 Å². The molecule has 0 aliphatic carbocycles. The van der Waals surface area contributed by atoms with Gasteiger partial charge in [0, 0.05) is 29.9 Å². The summed E-state index contributed by atoms with van der Waals surface area (Å²) in [5, 5.41) is 6.64. The number of nitrogens with one attached hydrogen (secondary N) is 1. The van der Waals surface area contributed by atoms with Gasteiger partial charge in [-0.3, -0.25) is 14.3 Å². The maximum atomic E-state index is 12.9. The van der Waals surface area contributed by atoms with Crippen molar-refractivity contribution in [3.8, 4) is 11.1 Å². The van der Waals surface area contributed by atoms with Gasteiger partial charge in [-0.15, -0.1) is 0 Å². The highest BCUT2D eigenvalue weighted by atomic mass is 19.4. The Balaban J connectivity index is 1.97. The molecule has 0 fully saturated rings. The predicted molar refractivity (Wildman–Crippen MR) is 96.6 cm³/mol. The Morgan fingerprint density at radius 3 is 2.46 bits per heavy atom. The van der Waals surface area contributed by atoms with E-state index in [9.17, 15) is 22.8 Å². The highest BCUT2D eigenvalue weighted by molar-refractivity contribution is 6.07. The molecule has 0 radical (unpaired) electrons. The number of halogens is 3. The van der Waals surface area contributed by atoms with E-state index in [0.29, 0.717) is 11.1 Å². The smallest absolute Gasteiger partial charge is 0.366 e. The van der Waals surface area contributed by atoms with Crippen molar-refractivity contribution in [1.82, 2.24) is 9.78 Å². The van der Waals surface area contributed by atoms with E-state index in [1.54, 1.807) is 31.4 Å². The van der Waals surface area contributed by atoms with E-state index in [0.717, 1.165) is 18.2 Å². The van der Waals surface area contributed by atoms with Gasteiger partial charge in [0.2, 0.25) is 5.91 Å². The number of nitrogens with zero attached hydrogens (tertiary/aromatic N) is 2. The van der Waals surface area contributed by atoms with Gasteiger partial charge in [-0.2, -0.15) is 18.3 Å². The quantitative estimate of drug-likeness (QED) is 0.717. The van der Waals surface area contributed by atoms with Crippen LogP contribution >= 0.6 is 0 Å². The van der Waals surface area contributed by atoms with Gasteiger partial charge in [0.15, 0.2) is 5.82 Å². The number of primary amides is 1. The first-order valence-corrected chi connectivity index (χ1v) is 8.08. The highest BCUT2D eigenvalue weighted by Crippen LogP contribution is 2.31. The summed E-state index contributed by atoms with van der Waals surface area (Å²) in [5.41, 5.74) is 5.38. The number of rotatable bonds is 4. The monoisotopic (exact) mass is 388 g/mol. The second-order valence-corrected chi connectivity index (χ2v) is 6.01. The molecule has 3 aromatic rings. The van der Waals surface area contributed by atoms with Crippen LogP contribution < -0.4 is 11.1 Å². The average molecular weight is 388 g/mol. The molecule has 0 bridgehead atoms. The van der Waals surface area contributed by atoms with Crippen molar-refractivity contribution in [2.24, 2.45) is 12.8 Å². The molecule has 2 amide bonds. The lowest BCUT2D eigenvalue weighted by atomic mass is 10.0. The molecule has 0 spiro atoms. The number of amides is 2. The van der Waals surface area contributed by atoms with Crippen LogP contribution in [0.3, 0.4) is 0 Å². The number of aromatic nitrogens is 2. The summed E-state index contributed by atoms with van der Waals surface area (Å²) in [5.74, 6) is -1.32. The van der Waals surface area contributed by atoms with Gasteiger partial charge in [-0.05, 0) is 29.8 Å². The lowest BCUT2D eigenvalue weighted by molar-refractivity contribution is -0.137. The van der Waals surface area contributed by atoms with Crippen LogP contribution in [0.15, 0.2) is 54.7 Å². The number of benzene rings is 2. The lowest BCUT2D eigenvalue weighted by Crippen LogP contribution is -2.15. The zero-order chi connectivity index (χ0) is 20.5. The Morgan fingerprint density at radius 1 is 1.07 bits per heavy atom. The van der Waals surface area contributed by atoms with Crippen molar-refractivity contribution in [3.05, 3.63) is 71.4 Å². The summed E-state index contributed by atoms with van der Waals surface area (Å²) in [4.78, 5) is 24.2. The van der Waals surface area contributed by atoms with Crippen molar-refractivity contribution in [2.45, 2.75) is 6.18 Å². The molecule has 1 heterocycles. The summed E-state index contributed by atoms with van der Waals surface area (Å²) >= 11 is 0. The van der Waals surface area contributed by atoms with Crippen molar-refractivity contribution in [3.63, 3.8) is 0 Å². The van der Waals surface area contributed by atoms with Crippen LogP contribution in [0.1, 0.15) is 26.3 Å². The minimum absolute atomic E-state index is 0.0959. The molecule has 144 valence electrons. The van der Waals surface area contributed by atoms with Crippen LogP contribution in [0.5, 0.6) is 0 Å². The van der Waals surface area contributed by atoms with Crippen LogP contribution in [-0.2, 0) is 13.2 Å². The lowest BCUT2D eigenvalue weighted by Gasteiger charge is -2.10. The summed E-state index contributed by atoms with van der Waals surface area (Å²) in [6, 6.07) is 10.6. The van der Waals surface area contributed by atoms with Gasteiger partial charge in [0.1, 0.15) is 0 Å². The molecule has 2 aromatic carbocycles. The molecule has 3 rings (SSSR count). The van der Waals surface area contributed by atoms with Crippen LogP contribution in [0, 0.1) is 0 Å². The van der Waals surface area contributed by atoms with Gasteiger partial charge >= 0.3 is 6.18 Å². The molecule has 3 N–H and O–H groups in total. The number of hydrogen-bond acceptors (Lipinski definition) is 3. The Labute approximate surface area is 157 Å². The average Bonchev–Trinajstić information content (AvgIpc) is 3.01. The van der Waals surface area contributed by atoms with Crippen LogP contribution in [-0.4, -0.2) is 21.6 Å². The second kappa shape index (κ2) is 7.18. The van der Waals surface area contributed by atoms with E-state index in [4.69, 9.17) is 5.73 Å². The second-order valence-electron chi connectivity index (χ2n) is 6.01. The molecule has 28 heavy (non-hydrogen) atoms. The van der Waals surface area contributed by atoms with Gasteiger partial charge in [-0.1, -0.05) is 24.3 Å². The van der Waals surface area contributed by atoms with Gasteiger partial charge in [0.05, 0.1) is 5.56 Å². The van der Waals surface area contributed by atoms with Gasteiger partial charge in [-0.25, -0.2) is 0 Å².